The molecule has 1 heterocycles. The number of amides is 1. The number of unbranched alkanes of at least 4 members (excludes halogenated alkanes) is 26. The normalized spacial score (nSPS) is 14.2. The summed E-state index contributed by atoms with van der Waals surface area (Å²) >= 11 is 0. The van der Waals surface area contributed by atoms with Crippen molar-refractivity contribution < 1.29 is 26.5 Å². The fourth-order valence-corrected chi connectivity index (χ4v) is 6.83. The molecule has 0 aromatic rings. The van der Waals surface area contributed by atoms with Crippen LogP contribution >= 0.6 is 0 Å². The van der Waals surface area contributed by atoms with Gasteiger partial charge in [0.1, 0.15) is 13.1 Å². The molecule has 2 N–H and O–H groups in total. The average Bonchev–Trinajstić information content (AvgIpc) is 3.66. The van der Waals surface area contributed by atoms with Crippen LogP contribution in [-0.2, 0) is 19.4 Å². The molecule has 1 aliphatic rings. The van der Waals surface area contributed by atoms with Crippen molar-refractivity contribution in [3.63, 3.8) is 0 Å². The van der Waals surface area contributed by atoms with Gasteiger partial charge < -0.3 is 9.87 Å². The molecule has 0 fully saturated rings. The number of hydrogen-bond donors (Lipinski definition) is 2. The van der Waals surface area contributed by atoms with Gasteiger partial charge in [-0.25, -0.2) is 13.0 Å². The lowest BCUT2D eigenvalue weighted by atomic mass is 9.99. The second kappa shape index (κ2) is 35.6. The summed E-state index contributed by atoms with van der Waals surface area (Å²) < 4.78 is 33.4. The number of hydrogen-bond acceptors (Lipinski definition) is 6. The van der Waals surface area contributed by atoms with Crippen LogP contribution < -0.4 is 10.6 Å². The number of nitrogens with zero attached hydrogens (tertiary/aromatic N) is 1. The second-order valence-electron chi connectivity index (χ2n) is 15.1. The smallest absolute Gasteiger partial charge is 0.234 e. The summed E-state index contributed by atoms with van der Waals surface area (Å²) in [7, 11) is -3.60. The van der Waals surface area contributed by atoms with Crippen molar-refractivity contribution in [3.05, 3.63) is 12.2 Å². The van der Waals surface area contributed by atoms with Gasteiger partial charge in [-0.05, 0) is 45.4 Å². The van der Waals surface area contributed by atoms with Crippen LogP contribution in [0.5, 0.6) is 0 Å². The number of rotatable bonds is 35. The maximum absolute atomic E-state index is 12.9. The molecule has 9 heteroatoms. The zero-order chi connectivity index (χ0) is 37.7. The largest absolute Gasteiger partial charge is 0.726 e. The quantitative estimate of drug-likeness (QED) is 0.0220. The van der Waals surface area contributed by atoms with E-state index in [2.05, 4.69) is 58.7 Å². The number of nitrogens with one attached hydrogen (secondary N) is 2. The topological polar surface area (TPSA) is 111 Å². The van der Waals surface area contributed by atoms with Crippen LogP contribution in [0.25, 0.3) is 0 Å². The molecule has 0 bridgehead atoms. The Hall–Kier alpha value is -1.45. The maximum Gasteiger partial charge on any atom is 0.234 e. The summed E-state index contributed by atoms with van der Waals surface area (Å²) in [5.74, 6) is 0.229. The Morgan fingerprint density at radius 3 is 1.45 bits per heavy atom. The number of carbonyl (C=O) groups is 1. The van der Waals surface area contributed by atoms with Gasteiger partial charge in [-0.1, -0.05) is 174 Å². The predicted molar refractivity (Wildman–Crippen MR) is 216 cm³/mol. The molecule has 0 aromatic carbocycles. The summed E-state index contributed by atoms with van der Waals surface area (Å²) in [5.41, 5.74) is -0.265. The van der Waals surface area contributed by atoms with E-state index in [9.17, 15) is 17.8 Å². The van der Waals surface area contributed by atoms with Crippen LogP contribution in [0.1, 0.15) is 220 Å². The highest BCUT2D eigenvalue weighted by atomic mass is 32.3. The molecule has 8 nitrogen and oxygen atoms in total. The lowest BCUT2D eigenvalue weighted by molar-refractivity contribution is -0.600. The van der Waals surface area contributed by atoms with Gasteiger partial charge >= 0.3 is 0 Å². The molecule has 0 aliphatic carbocycles. The van der Waals surface area contributed by atoms with Crippen molar-refractivity contribution in [2.45, 2.75) is 225 Å². The van der Waals surface area contributed by atoms with Gasteiger partial charge in [-0.2, -0.15) is 0 Å². The van der Waals surface area contributed by atoms with Crippen LogP contribution in [-0.4, -0.2) is 55.7 Å². The van der Waals surface area contributed by atoms with Crippen molar-refractivity contribution >= 4 is 22.6 Å². The Bertz CT molecular complexity index is 956. The minimum Gasteiger partial charge on any atom is -0.726 e. The van der Waals surface area contributed by atoms with Gasteiger partial charge in [-0.3, -0.25) is 14.3 Å². The van der Waals surface area contributed by atoms with E-state index in [4.69, 9.17) is 0 Å². The van der Waals surface area contributed by atoms with Crippen LogP contribution in [0, 0.1) is 0 Å². The van der Waals surface area contributed by atoms with E-state index < -0.39 is 10.4 Å². The molecule has 0 aromatic heterocycles. The van der Waals surface area contributed by atoms with Crippen molar-refractivity contribution in [1.29, 1.82) is 0 Å². The third kappa shape index (κ3) is 34.1. The van der Waals surface area contributed by atoms with Gasteiger partial charge in [0.2, 0.25) is 22.6 Å². The molecule has 51 heavy (non-hydrogen) atoms. The van der Waals surface area contributed by atoms with Gasteiger partial charge in [0.15, 0.2) is 5.66 Å². The van der Waals surface area contributed by atoms with Gasteiger partial charge in [0.25, 0.3) is 0 Å². The minimum absolute atomic E-state index is 0.229. The van der Waals surface area contributed by atoms with Crippen molar-refractivity contribution in [2.24, 2.45) is 0 Å². The minimum atomic E-state index is -4.41. The van der Waals surface area contributed by atoms with Crippen LogP contribution in [0.2, 0.25) is 0 Å². The van der Waals surface area contributed by atoms with Gasteiger partial charge in [0, 0.05) is 12.8 Å². The molecule has 0 radical (unpaired) electrons. The highest BCUT2D eigenvalue weighted by Crippen LogP contribution is 2.20. The maximum atomic E-state index is 12.9. The Morgan fingerprint density at radius 1 is 0.706 bits per heavy atom. The fourth-order valence-electron chi connectivity index (χ4n) is 6.83. The van der Waals surface area contributed by atoms with Crippen LogP contribution in [0.15, 0.2) is 12.2 Å². The first-order valence-electron chi connectivity index (χ1n) is 21.5. The lowest BCUT2D eigenvalue weighted by Gasteiger charge is -2.30. The van der Waals surface area contributed by atoms with E-state index in [1.807, 2.05) is 0 Å². The lowest BCUT2D eigenvalue weighted by Crippen LogP contribution is -2.54. The monoisotopic (exact) mass is 742 g/mol. The standard InChI is InChI=1S/C41H79N3O.CH4O4S/c1-4-6-8-10-12-14-16-18-20-22-24-26-28-30-32-34-36-41(3,44-38-37-42-39-44)43-40(45)35-33-31-29-27-25-23-21-19-17-15-13-11-9-7-5-2;1-5-6(2,3)4/h19,21,39H,4-18,20,22-38H2,1-3H3,(H,43,45);1H3,(H,2,3,4)/b21-19-;. The summed E-state index contributed by atoms with van der Waals surface area (Å²) in [6, 6.07) is 0. The van der Waals surface area contributed by atoms with Crippen molar-refractivity contribution in [1.82, 2.24) is 10.6 Å². The fraction of sp³-hybridized carbons (Fsp3) is 0.905. The van der Waals surface area contributed by atoms with E-state index in [-0.39, 0.29) is 11.6 Å². The predicted octanol–water partition coefficient (Wildman–Crippen LogP) is 11.2. The molecular formula is C42H83N3O5S. The van der Waals surface area contributed by atoms with E-state index in [0.29, 0.717) is 6.42 Å². The highest BCUT2D eigenvalue weighted by molar-refractivity contribution is 7.80. The van der Waals surface area contributed by atoms with Gasteiger partial charge in [0.05, 0.1) is 7.11 Å². The first-order chi connectivity index (χ1) is 24.7. The first kappa shape index (κ1) is 49.6. The molecule has 302 valence electrons. The average molecular weight is 742 g/mol. The Kier molecular flexibility index (Phi) is 34.6. The Balaban J connectivity index is 0.00000381. The van der Waals surface area contributed by atoms with E-state index >= 15 is 0 Å². The Morgan fingerprint density at radius 2 is 1.08 bits per heavy atom. The van der Waals surface area contributed by atoms with Crippen LogP contribution in [0.3, 0.4) is 0 Å². The summed E-state index contributed by atoms with van der Waals surface area (Å²) in [4.78, 5) is 12.9. The third-order valence-corrected chi connectivity index (χ3v) is 10.6. The molecule has 1 unspecified atom stereocenters. The molecule has 0 saturated heterocycles. The van der Waals surface area contributed by atoms with E-state index in [1.165, 1.54) is 180 Å². The van der Waals surface area contributed by atoms with Crippen LogP contribution in [0.4, 0.5) is 0 Å². The molecule has 1 aliphatic heterocycles. The molecule has 1 amide bonds. The molecule has 0 spiro atoms. The molecule has 0 saturated carbocycles. The zero-order valence-corrected chi connectivity index (χ0v) is 34.8. The molecule has 1 atom stereocenters. The summed E-state index contributed by atoms with van der Waals surface area (Å²) in [6.45, 7) is 8.76. The SMILES string of the molecule is CCCCCCCC/C=C\CCCCCCCC(=O)NC(C)(CCCCCCCCCCCCCCCCCC)[N+]1=CNCC1.COS(=O)(=O)[O-]. The Labute approximate surface area is 316 Å². The summed E-state index contributed by atoms with van der Waals surface area (Å²) in [6.07, 6.45) is 47.6. The molecule has 1 rings (SSSR count). The van der Waals surface area contributed by atoms with Crippen molar-refractivity contribution in [3.8, 4) is 0 Å². The summed E-state index contributed by atoms with van der Waals surface area (Å²) in [5, 5.41) is 6.80. The zero-order valence-electron chi connectivity index (χ0n) is 34.0. The first-order valence-corrected chi connectivity index (χ1v) is 22.8. The van der Waals surface area contributed by atoms with Crippen molar-refractivity contribution in [2.75, 3.05) is 20.2 Å². The second-order valence-corrected chi connectivity index (χ2v) is 16.2. The number of allylic oxidation sites excluding steroid dienone is 2. The number of carbonyl (C=O) groups excluding carboxylic acids is 1. The molecular weight excluding hydrogens is 659 g/mol. The highest BCUT2D eigenvalue weighted by Gasteiger charge is 2.35. The van der Waals surface area contributed by atoms with E-state index in [1.54, 1.807) is 0 Å². The van der Waals surface area contributed by atoms with Gasteiger partial charge in [-0.15, -0.1) is 0 Å². The van der Waals surface area contributed by atoms with E-state index in [0.717, 1.165) is 33.0 Å². The third-order valence-electron chi connectivity index (χ3n) is 10.2.